The molecule has 0 bridgehead atoms. The minimum atomic E-state index is -0.237. The Hall–Kier alpha value is -6.50. The molecule has 0 saturated carbocycles. The van der Waals surface area contributed by atoms with Crippen LogP contribution in [0.3, 0.4) is 0 Å². The number of para-hydroxylation sites is 2. The molecule has 0 amide bonds. The van der Waals surface area contributed by atoms with E-state index < -0.39 is 0 Å². The van der Waals surface area contributed by atoms with E-state index in [1.54, 1.807) is 0 Å². The molecule has 8 aromatic rings. The van der Waals surface area contributed by atoms with E-state index in [9.17, 15) is 0 Å². The summed E-state index contributed by atoms with van der Waals surface area (Å²) in [5.74, 6) is 7.63. The Balaban J connectivity index is 1.30. The van der Waals surface area contributed by atoms with E-state index in [4.69, 9.17) is 4.42 Å². The van der Waals surface area contributed by atoms with Gasteiger partial charge in [0, 0.05) is 38.5 Å². The maximum absolute atomic E-state index is 7.02. The van der Waals surface area contributed by atoms with Crippen LogP contribution in [-0.4, -0.2) is 4.57 Å². The van der Waals surface area contributed by atoms with Crippen molar-refractivity contribution in [2.75, 3.05) is 4.90 Å². The largest absolute Gasteiger partial charge is 0.454 e. The van der Waals surface area contributed by atoms with Gasteiger partial charge in [-0.1, -0.05) is 123 Å². The number of rotatable bonds is 5. The molecular formula is C50H38N2O. The molecule has 0 fully saturated rings. The van der Waals surface area contributed by atoms with Gasteiger partial charge in [0.2, 0.25) is 0 Å². The number of aromatic nitrogens is 1. The molecule has 0 aliphatic heterocycles. The third-order valence-corrected chi connectivity index (χ3v) is 11.4. The fraction of sp³-hybridized carbons (Fsp3) is 0.120. The first-order valence-corrected chi connectivity index (χ1v) is 18.4. The van der Waals surface area contributed by atoms with Gasteiger partial charge in [0.1, 0.15) is 11.8 Å². The van der Waals surface area contributed by atoms with E-state index >= 15 is 0 Å². The molecule has 6 aromatic carbocycles. The van der Waals surface area contributed by atoms with Crippen molar-refractivity contribution in [1.82, 2.24) is 4.57 Å². The van der Waals surface area contributed by atoms with Crippen LogP contribution in [0.25, 0.3) is 60.8 Å². The lowest BCUT2D eigenvalue weighted by Crippen LogP contribution is -2.17. The highest BCUT2D eigenvalue weighted by molar-refractivity contribution is 6.15. The number of hydrogen-bond donors (Lipinski definition) is 0. The van der Waals surface area contributed by atoms with Gasteiger partial charge in [0.25, 0.3) is 0 Å². The fourth-order valence-electron chi connectivity index (χ4n) is 8.89. The van der Waals surface area contributed by atoms with Crippen LogP contribution in [0.15, 0.2) is 150 Å². The maximum atomic E-state index is 7.02. The first-order valence-electron chi connectivity index (χ1n) is 18.4. The van der Waals surface area contributed by atoms with Gasteiger partial charge in [-0.2, -0.15) is 0 Å². The molecule has 1 atom stereocenters. The van der Waals surface area contributed by atoms with Gasteiger partial charge in [0.05, 0.1) is 16.7 Å². The van der Waals surface area contributed by atoms with Gasteiger partial charge in [-0.05, 0) is 101 Å². The Labute approximate surface area is 309 Å². The molecule has 2 heterocycles. The Morgan fingerprint density at radius 3 is 2.36 bits per heavy atom. The van der Waals surface area contributed by atoms with Crippen LogP contribution >= 0.6 is 0 Å². The summed E-state index contributed by atoms with van der Waals surface area (Å²) in [6, 6.07) is 42.0. The summed E-state index contributed by atoms with van der Waals surface area (Å²) in [4.78, 5) is 2.39. The number of nitrogens with zero attached hydrogens (tertiary/aromatic N) is 2. The van der Waals surface area contributed by atoms with Crippen molar-refractivity contribution in [2.24, 2.45) is 0 Å². The molecule has 2 aliphatic rings. The zero-order valence-electron chi connectivity index (χ0n) is 30.3. The molecule has 3 heteroatoms. The zero-order chi connectivity index (χ0) is 35.8. The third kappa shape index (κ3) is 4.55. The molecule has 53 heavy (non-hydrogen) atoms. The Kier molecular flexibility index (Phi) is 6.94. The fourth-order valence-corrected chi connectivity index (χ4v) is 8.89. The normalized spacial score (nSPS) is 15.7. The third-order valence-electron chi connectivity index (χ3n) is 11.4. The first-order chi connectivity index (χ1) is 26.0. The highest BCUT2D eigenvalue weighted by Gasteiger charge is 2.40. The second kappa shape index (κ2) is 11.8. The Morgan fingerprint density at radius 1 is 0.736 bits per heavy atom. The highest BCUT2D eigenvalue weighted by Crippen LogP contribution is 2.57. The standard InChI is InChI=1S/C50H38N2O/c1-5-17-45-32(2)46-48-41(50(3,4)40-29-26-33-18-13-14-23-37(33)47(40)48)31-44(49(46)53-45)51(34-19-11-8-12-20-34)36-27-28-39-38-24-15-16-25-42(38)52(43(39)30-36)35-21-9-6-7-10-22-35/h5-9,11-21,23-31,35H,1-4H3/b17-5-. The SMILES string of the molecule is C/C=C\c1oc2c(N(c3ccccc3)c3ccc4c5ccccc5n(C5C#CC=CC=C5)c4c3)cc3c(c2c1C)-c1c(ccc2ccccc12)C3(C)C. The van der Waals surface area contributed by atoms with Crippen LogP contribution in [0.1, 0.15) is 49.3 Å². The highest BCUT2D eigenvalue weighted by atomic mass is 16.3. The minimum Gasteiger partial charge on any atom is -0.454 e. The molecule has 10 rings (SSSR count). The van der Waals surface area contributed by atoms with Crippen LogP contribution in [-0.2, 0) is 5.41 Å². The lowest BCUT2D eigenvalue weighted by molar-refractivity contribution is 0.601. The van der Waals surface area contributed by atoms with Crippen LogP contribution in [0, 0.1) is 18.8 Å². The van der Waals surface area contributed by atoms with E-state index in [0.29, 0.717) is 0 Å². The Morgan fingerprint density at radius 2 is 1.51 bits per heavy atom. The van der Waals surface area contributed by atoms with E-state index in [0.717, 1.165) is 39.5 Å². The van der Waals surface area contributed by atoms with Crippen molar-refractivity contribution in [2.45, 2.75) is 39.2 Å². The average Bonchev–Trinajstić information content (AvgIpc) is 3.65. The Bertz CT molecular complexity index is 2950. The average molecular weight is 683 g/mol. The number of fused-ring (bicyclic) bond motifs is 10. The van der Waals surface area contributed by atoms with Crippen LogP contribution in [0.5, 0.6) is 0 Å². The van der Waals surface area contributed by atoms with E-state index in [-0.39, 0.29) is 11.5 Å². The summed E-state index contributed by atoms with van der Waals surface area (Å²) in [6.07, 6.45) is 12.4. The number of benzene rings is 6. The lowest BCUT2D eigenvalue weighted by Gasteiger charge is -2.28. The van der Waals surface area contributed by atoms with E-state index in [1.807, 2.05) is 12.2 Å². The monoisotopic (exact) mass is 682 g/mol. The van der Waals surface area contributed by atoms with Gasteiger partial charge in [-0.25, -0.2) is 0 Å². The van der Waals surface area contributed by atoms with Gasteiger partial charge >= 0.3 is 0 Å². The number of anilines is 3. The molecule has 0 N–H and O–H groups in total. The summed E-state index contributed by atoms with van der Waals surface area (Å²) in [5.41, 5.74) is 12.5. The van der Waals surface area contributed by atoms with Gasteiger partial charge < -0.3 is 13.9 Å². The quantitative estimate of drug-likeness (QED) is 0.169. The molecule has 2 aromatic heterocycles. The van der Waals surface area contributed by atoms with Crippen molar-refractivity contribution in [1.29, 1.82) is 0 Å². The number of hydrogen-bond acceptors (Lipinski definition) is 2. The van der Waals surface area contributed by atoms with E-state index in [1.165, 1.54) is 54.7 Å². The molecule has 3 nitrogen and oxygen atoms in total. The number of aryl methyl sites for hydroxylation is 1. The van der Waals surface area contributed by atoms with E-state index in [2.05, 4.69) is 189 Å². The predicted molar refractivity (Wildman–Crippen MR) is 224 cm³/mol. The number of furan rings is 1. The molecule has 2 aliphatic carbocycles. The molecular weight excluding hydrogens is 645 g/mol. The second-order valence-electron chi connectivity index (χ2n) is 14.7. The van der Waals surface area contributed by atoms with Crippen LogP contribution in [0.2, 0.25) is 0 Å². The predicted octanol–water partition coefficient (Wildman–Crippen LogP) is 13.5. The van der Waals surface area contributed by atoms with Gasteiger partial charge in [0.15, 0.2) is 5.58 Å². The molecule has 0 spiro atoms. The topological polar surface area (TPSA) is 21.3 Å². The molecule has 1 unspecified atom stereocenters. The first kappa shape index (κ1) is 31.3. The van der Waals surface area contributed by atoms with Crippen molar-refractivity contribution in [3.63, 3.8) is 0 Å². The van der Waals surface area contributed by atoms with Crippen LogP contribution < -0.4 is 4.90 Å². The van der Waals surface area contributed by atoms with Crippen molar-refractivity contribution in [3.8, 4) is 23.0 Å². The summed E-state index contributed by atoms with van der Waals surface area (Å²) in [6.45, 7) is 9.02. The molecule has 0 saturated heterocycles. The summed E-state index contributed by atoms with van der Waals surface area (Å²) in [7, 11) is 0. The maximum Gasteiger partial charge on any atom is 0.159 e. The summed E-state index contributed by atoms with van der Waals surface area (Å²) < 4.78 is 9.40. The van der Waals surface area contributed by atoms with Crippen molar-refractivity contribution < 1.29 is 4.42 Å². The molecule has 0 radical (unpaired) electrons. The number of allylic oxidation sites excluding steroid dienone is 5. The van der Waals surface area contributed by atoms with Gasteiger partial charge in [-0.15, -0.1) is 0 Å². The zero-order valence-corrected chi connectivity index (χ0v) is 30.3. The van der Waals surface area contributed by atoms with Crippen LogP contribution in [0.4, 0.5) is 17.1 Å². The minimum absolute atomic E-state index is 0.107. The smallest absolute Gasteiger partial charge is 0.159 e. The van der Waals surface area contributed by atoms with Gasteiger partial charge in [-0.3, -0.25) is 0 Å². The lowest BCUT2D eigenvalue weighted by atomic mass is 9.81. The summed E-state index contributed by atoms with van der Waals surface area (Å²) in [5, 5.41) is 6.13. The molecule has 254 valence electrons. The second-order valence-corrected chi connectivity index (χ2v) is 14.7. The van der Waals surface area contributed by atoms with Crippen molar-refractivity contribution in [3.05, 3.63) is 168 Å². The summed E-state index contributed by atoms with van der Waals surface area (Å²) >= 11 is 0. The van der Waals surface area contributed by atoms with Crippen molar-refractivity contribution >= 4 is 66.7 Å².